The zero-order valence-electron chi connectivity index (χ0n) is 17.4. The number of carboxylic acids is 2. The quantitative estimate of drug-likeness (QED) is 0.107. The van der Waals surface area contributed by atoms with Gasteiger partial charge in [0.05, 0.1) is 19.1 Å². The van der Waals surface area contributed by atoms with Gasteiger partial charge in [-0.2, -0.15) is 11.8 Å². The molecular weight excluding hydrogens is 450 g/mol. The van der Waals surface area contributed by atoms with Crippen LogP contribution in [-0.4, -0.2) is 93.7 Å². The van der Waals surface area contributed by atoms with Crippen molar-refractivity contribution in [3.05, 3.63) is 0 Å². The largest absolute Gasteiger partial charge is 0.481 e. The Hall–Kier alpha value is -2.91. The van der Waals surface area contributed by atoms with Crippen molar-refractivity contribution in [3.63, 3.8) is 0 Å². The number of rotatable bonds is 16. The first kappa shape index (κ1) is 29.1. The molecule has 10 N–H and O–H groups in total. The molecule has 4 atom stereocenters. The molecule has 0 heterocycles. The van der Waals surface area contributed by atoms with Crippen LogP contribution in [0, 0.1) is 0 Å². The lowest BCUT2D eigenvalue weighted by Crippen LogP contribution is -2.57. The van der Waals surface area contributed by atoms with Gasteiger partial charge in [0.15, 0.2) is 0 Å². The summed E-state index contributed by atoms with van der Waals surface area (Å²) >= 11 is 1.36. The van der Waals surface area contributed by atoms with Gasteiger partial charge in [0.2, 0.25) is 23.6 Å². The van der Waals surface area contributed by atoms with Gasteiger partial charge in [-0.15, -0.1) is 0 Å². The van der Waals surface area contributed by atoms with Gasteiger partial charge in [-0.1, -0.05) is 0 Å². The van der Waals surface area contributed by atoms with E-state index in [1.807, 2.05) is 5.32 Å². The second kappa shape index (κ2) is 15.0. The highest BCUT2D eigenvalue weighted by Crippen LogP contribution is 2.05. The number of carbonyl (C=O) groups excluding carboxylic acids is 4. The topological polar surface area (TPSA) is 251 Å². The van der Waals surface area contributed by atoms with E-state index in [1.54, 1.807) is 6.26 Å². The van der Waals surface area contributed by atoms with Crippen LogP contribution in [0.25, 0.3) is 0 Å². The summed E-state index contributed by atoms with van der Waals surface area (Å²) in [6.07, 6.45) is 0.503. The van der Waals surface area contributed by atoms with Gasteiger partial charge in [0, 0.05) is 6.42 Å². The van der Waals surface area contributed by atoms with Gasteiger partial charge < -0.3 is 42.7 Å². The summed E-state index contributed by atoms with van der Waals surface area (Å²) in [5.74, 6) is -5.90. The standard InChI is InChI=1S/C17H29N5O9S/c1-32-5-4-10(20-14(27)8(18)6-12(19)24)16(29)21-9(2-3-13(25)26)15(28)22-11(7-23)17(30)31/h8-11,23H,2-7,18H2,1H3,(H2,19,24)(H,20,27)(H,21,29)(H,22,28)(H,25,26)(H,30,31). The van der Waals surface area contributed by atoms with E-state index in [1.165, 1.54) is 11.8 Å². The average Bonchev–Trinajstić information content (AvgIpc) is 2.70. The van der Waals surface area contributed by atoms with E-state index in [-0.39, 0.29) is 12.8 Å². The summed E-state index contributed by atoms with van der Waals surface area (Å²) in [5.41, 5.74) is 10.6. The van der Waals surface area contributed by atoms with Crippen LogP contribution in [0.1, 0.15) is 25.7 Å². The van der Waals surface area contributed by atoms with Crippen molar-refractivity contribution >= 4 is 47.3 Å². The third kappa shape index (κ3) is 11.5. The molecule has 0 aromatic rings. The molecule has 0 saturated heterocycles. The number of aliphatic carboxylic acids is 2. The molecule has 15 heteroatoms. The number of aliphatic hydroxyl groups excluding tert-OH is 1. The molecule has 32 heavy (non-hydrogen) atoms. The molecule has 0 bridgehead atoms. The average molecular weight is 480 g/mol. The lowest BCUT2D eigenvalue weighted by molar-refractivity contribution is -0.144. The monoisotopic (exact) mass is 479 g/mol. The number of nitrogens with two attached hydrogens (primary N) is 2. The Morgan fingerprint density at radius 3 is 1.81 bits per heavy atom. The molecule has 0 aromatic heterocycles. The number of carboxylic acid groups (broad SMARTS) is 2. The number of aliphatic hydroxyl groups is 1. The van der Waals surface area contributed by atoms with E-state index < -0.39 is 79.2 Å². The number of nitrogens with one attached hydrogen (secondary N) is 3. The van der Waals surface area contributed by atoms with Gasteiger partial charge in [-0.25, -0.2) is 4.79 Å². The number of thioether (sulfide) groups is 1. The fraction of sp³-hybridized carbons (Fsp3) is 0.647. The molecule has 0 aliphatic rings. The maximum Gasteiger partial charge on any atom is 0.328 e. The molecular formula is C17H29N5O9S. The van der Waals surface area contributed by atoms with Crippen molar-refractivity contribution < 1.29 is 44.1 Å². The molecule has 0 saturated carbocycles. The molecule has 0 aromatic carbocycles. The summed E-state index contributed by atoms with van der Waals surface area (Å²) in [6, 6.07) is -5.60. The second-order valence-electron chi connectivity index (χ2n) is 6.70. The molecule has 0 fully saturated rings. The Kier molecular flexibility index (Phi) is 13.6. The maximum absolute atomic E-state index is 12.7. The van der Waals surface area contributed by atoms with Crippen LogP contribution in [0.4, 0.5) is 0 Å². The fourth-order valence-electron chi connectivity index (χ4n) is 2.36. The normalized spacial score (nSPS) is 14.3. The molecule has 0 aliphatic heterocycles. The highest BCUT2D eigenvalue weighted by Gasteiger charge is 2.30. The first-order valence-corrected chi connectivity index (χ1v) is 10.8. The predicted molar refractivity (Wildman–Crippen MR) is 112 cm³/mol. The molecule has 4 unspecified atom stereocenters. The number of primary amides is 1. The van der Waals surface area contributed by atoms with Crippen LogP contribution in [0.3, 0.4) is 0 Å². The Morgan fingerprint density at radius 1 is 0.875 bits per heavy atom. The second-order valence-corrected chi connectivity index (χ2v) is 7.68. The van der Waals surface area contributed by atoms with Gasteiger partial charge >= 0.3 is 11.9 Å². The number of hydrogen-bond donors (Lipinski definition) is 8. The van der Waals surface area contributed by atoms with Crippen LogP contribution in [0.2, 0.25) is 0 Å². The molecule has 182 valence electrons. The number of amides is 4. The minimum Gasteiger partial charge on any atom is -0.481 e. The molecule has 0 rings (SSSR count). The van der Waals surface area contributed by atoms with E-state index in [0.717, 1.165) is 0 Å². The van der Waals surface area contributed by atoms with Crippen molar-refractivity contribution in [2.45, 2.75) is 49.9 Å². The lowest BCUT2D eigenvalue weighted by Gasteiger charge is -2.24. The molecule has 4 amide bonds. The van der Waals surface area contributed by atoms with Gasteiger partial charge in [-0.05, 0) is 24.9 Å². The van der Waals surface area contributed by atoms with Crippen molar-refractivity contribution in [3.8, 4) is 0 Å². The Bertz CT molecular complexity index is 706. The molecule has 0 radical (unpaired) electrons. The van der Waals surface area contributed by atoms with E-state index in [9.17, 15) is 28.8 Å². The van der Waals surface area contributed by atoms with Gasteiger partial charge in [-0.3, -0.25) is 24.0 Å². The lowest BCUT2D eigenvalue weighted by atomic mass is 10.1. The minimum absolute atomic E-state index is 0.115. The maximum atomic E-state index is 12.7. The summed E-state index contributed by atoms with van der Waals surface area (Å²) in [7, 11) is 0. The van der Waals surface area contributed by atoms with Crippen LogP contribution < -0.4 is 27.4 Å². The van der Waals surface area contributed by atoms with Crippen LogP contribution in [0.15, 0.2) is 0 Å². The summed E-state index contributed by atoms with van der Waals surface area (Å²) in [5, 5.41) is 33.5. The van der Waals surface area contributed by atoms with E-state index >= 15 is 0 Å². The third-order valence-corrected chi connectivity index (χ3v) is 4.72. The summed E-state index contributed by atoms with van der Waals surface area (Å²) in [4.78, 5) is 70.1. The zero-order chi connectivity index (χ0) is 24.8. The van der Waals surface area contributed by atoms with Crippen molar-refractivity contribution in [2.75, 3.05) is 18.6 Å². The molecule has 0 spiro atoms. The Morgan fingerprint density at radius 2 is 1.38 bits per heavy atom. The van der Waals surface area contributed by atoms with E-state index in [2.05, 4.69) is 10.6 Å². The van der Waals surface area contributed by atoms with E-state index in [0.29, 0.717) is 5.75 Å². The number of carbonyl (C=O) groups is 6. The van der Waals surface area contributed by atoms with E-state index in [4.69, 9.17) is 26.8 Å². The van der Waals surface area contributed by atoms with Gasteiger partial charge in [0.25, 0.3) is 0 Å². The van der Waals surface area contributed by atoms with Crippen molar-refractivity contribution in [2.24, 2.45) is 11.5 Å². The predicted octanol–water partition coefficient (Wildman–Crippen LogP) is -3.66. The SMILES string of the molecule is CSCCC(NC(=O)C(N)CC(N)=O)C(=O)NC(CCC(=O)O)C(=O)NC(CO)C(=O)O. The molecule has 14 nitrogen and oxygen atoms in total. The van der Waals surface area contributed by atoms with Crippen LogP contribution >= 0.6 is 11.8 Å². The molecule has 0 aliphatic carbocycles. The minimum atomic E-state index is -1.66. The van der Waals surface area contributed by atoms with Crippen LogP contribution in [-0.2, 0) is 28.8 Å². The first-order valence-electron chi connectivity index (χ1n) is 9.42. The van der Waals surface area contributed by atoms with Crippen molar-refractivity contribution in [1.29, 1.82) is 0 Å². The van der Waals surface area contributed by atoms with Crippen molar-refractivity contribution in [1.82, 2.24) is 16.0 Å². The zero-order valence-corrected chi connectivity index (χ0v) is 18.2. The Labute approximate surface area is 187 Å². The number of hydrogen-bond acceptors (Lipinski definition) is 9. The summed E-state index contributed by atoms with van der Waals surface area (Å²) in [6.45, 7) is -0.926. The summed E-state index contributed by atoms with van der Waals surface area (Å²) < 4.78 is 0. The fourth-order valence-corrected chi connectivity index (χ4v) is 2.83. The smallest absolute Gasteiger partial charge is 0.328 e. The first-order chi connectivity index (χ1) is 14.9. The van der Waals surface area contributed by atoms with Crippen LogP contribution in [0.5, 0.6) is 0 Å². The van der Waals surface area contributed by atoms with Gasteiger partial charge in [0.1, 0.15) is 18.1 Å². The highest BCUT2D eigenvalue weighted by atomic mass is 32.2. The Balaban J connectivity index is 5.44. The third-order valence-electron chi connectivity index (χ3n) is 4.08. The highest BCUT2D eigenvalue weighted by molar-refractivity contribution is 7.98.